The van der Waals surface area contributed by atoms with Crippen molar-refractivity contribution in [2.45, 2.75) is 6.04 Å². The maximum atomic E-state index is 12.9. The van der Waals surface area contributed by atoms with Gasteiger partial charge in [-0.1, -0.05) is 41.9 Å². The molecule has 0 N–H and O–H groups in total. The van der Waals surface area contributed by atoms with Crippen LogP contribution in [0.4, 0.5) is 0 Å². The molecule has 2 aromatic carbocycles. The van der Waals surface area contributed by atoms with Gasteiger partial charge in [-0.2, -0.15) is 0 Å². The van der Waals surface area contributed by atoms with Gasteiger partial charge in [-0.3, -0.25) is 4.79 Å². The number of halogens is 1. The van der Waals surface area contributed by atoms with Crippen molar-refractivity contribution < 1.29 is 14.3 Å². The minimum absolute atomic E-state index is 0.00857. The standard InChI is InChI=1S/C21H21ClN2O3/c1-23-9-10-24(18(13-23)16-5-3-2-4-6-16)20(25)8-7-15-11-17(22)21-19(12-15)26-14-27-21/h2-8,11-12,18H,9-10,13-14H2,1H3/b8-7+. The van der Waals surface area contributed by atoms with Crippen LogP contribution in [0.1, 0.15) is 17.2 Å². The van der Waals surface area contributed by atoms with Crippen molar-refractivity contribution in [1.29, 1.82) is 0 Å². The molecule has 0 bridgehead atoms. The number of rotatable bonds is 3. The maximum Gasteiger partial charge on any atom is 0.247 e. The normalized spacial score (nSPS) is 19.6. The average Bonchev–Trinajstić information content (AvgIpc) is 3.16. The Morgan fingerprint density at radius 2 is 2.00 bits per heavy atom. The summed E-state index contributed by atoms with van der Waals surface area (Å²) in [7, 11) is 2.09. The molecule has 1 amide bonds. The first kappa shape index (κ1) is 17.9. The summed E-state index contributed by atoms with van der Waals surface area (Å²) in [6, 6.07) is 13.8. The largest absolute Gasteiger partial charge is 0.454 e. The molecule has 2 aliphatic rings. The minimum atomic E-state index is -0.00857. The Morgan fingerprint density at radius 1 is 1.19 bits per heavy atom. The number of ether oxygens (including phenoxy) is 2. The molecule has 140 valence electrons. The molecule has 2 aromatic rings. The summed E-state index contributed by atoms with van der Waals surface area (Å²) in [6.07, 6.45) is 3.38. The van der Waals surface area contributed by atoms with E-state index in [4.69, 9.17) is 21.1 Å². The predicted octanol–water partition coefficient (Wildman–Crippen LogP) is 3.60. The maximum absolute atomic E-state index is 12.9. The van der Waals surface area contributed by atoms with Crippen LogP contribution in [0.15, 0.2) is 48.5 Å². The summed E-state index contributed by atoms with van der Waals surface area (Å²) in [5.74, 6) is 1.16. The van der Waals surface area contributed by atoms with Crippen LogP contribution in [-0.4, -0.2) is 49.2 Å². The second-order valence-corrected chi connectivity index (χ2v) is 7.20. The van der Waals surface area contributed by atoms with E-state index in [1.807, 2.05) is 29.2 Å². The SMILES string of the molecule is CN1CCN(C(=O)/C=C/c2cc(Cl)c3c(c2)OCO3)C(c2ccccc2)C1. The van der Waals surface area contributed by atoms with E-state index in [0.29, 0.717) is 23.1 Å². The Morgan fingerprint density at radius 3 is 2.81 bits per heavy atom. The van der Waals surface area contributed by atoms with Crippen LogP contribution in [0.25, 0.3) is 6.08 Å². The summed E-state index contributed by atoms with van der Waals surface area (Å²) < 4.78 is 10.7. The van der Waals surface area contributed by atoms with Gasteiger partial charge in [-0.15, -0.1) is 0 Å². The number of carbonyl (C=O) groups is 1. The van der Waals surface area contributed by atoms with Crippen molar-refractivity contribution in [2.24, 2.45) is 0 Å². The third-order valence-corrected chi connectivity index (χ3v) is 5.20. The lowest BCUT2D eigenvalue weighted by atomic mass is 10.0. The molecule has 2 aliphatic heterocycles. The van der Waals surface area contributed by atoms with Gasteiger partial charge in [0, 0.05) is 25.7 Å². The molecule has 1 unspecified atom stereocenters. The van der Waals surface area contributed by atoms with Crippen molar-refractivity contribution >= 4 is 23.6 Å². The van der Waals surface area contributed by atoms with Gasteiger partial charge < -0.3 is 19.3 Å². The quantitative estimate of drug-likeness (QED) is 0.758. The highest BCUT2D eigenvalue weighted by Crippen LogP contribution is 2.40. The van der Waals surface area contributed by atoms with Crippen molar-refractivity contribution in [3.63, 3.8) is 0 Å². The average molecular weight is 385 g/mol. The van der Waals surface area contributed by atoms with Crippen LogP contribution in [0.3, 0.4) is 0 Å². The van der Waals surface area contributed by atoms with E-state index in [-0.39, 0.29) is 18.7 Å². The number of hydrogen-bond donors (Lipinski definition) is 0. The molecule has 0 spiro atoms. The van der Waals surface area contributed by atoms with E-state index in [1.54, 1.807) is 18.2 Å². The Hall–Kier alpha value is -2.50. The highest BCUT2D eigenvalue weighted by atomic mass is 35.5. The van der Waals surface area contributed by atoms with Crippen LogP contribution >= 0.6 is 11.6 Å². The van der Waals surface area contributed by atoms with E-state index in [2.05, 4.69) is 24.1 Å². The summed E-state index contributed by atoms with van der Waals surface area (Å²) in [4.78, 5) is 17.1. The zero-order valence-electron chi connectivity index (χ0n) is 15.1. The molecule has 0 saturated carbocycles. The molecular formula is C21H21ClN2O3. The first-order valence-corrected chi connectivity index (χ1v) is 9.31. The number of benzene rings is 2. The van der Waals surface area contributed by atoms with Crippen LogP contribution in [0.5, 0.6) is 11.5 Å². The fourth-order valence-electron chi connectivity index (χ4n) is 3.49. The molecule has 4 rings (SSSR count). The van der Waals surface area contributed by atoms with Crippen molar-refractivity contribution in [1.82, 2.24) is 9.80 Å². The number of fused-ring (bicyclic) bond motifs is 1. The van der Waals surface area contributed by atoms with E-state index in [9.17, 15) is 4.79 Å². The van der Waals surface area contributed by atoms with Crippen LogP contribution < -0.4 is 9.47 Å². The summed E-state index contributed by atoms with van der Waals surface area (Å²) in [5.41, 5.74) is 1.96. The van der Waals surface area contributed by atoms with E-state index in [0.717, 1.165) is 24.2 Å². The van der Waals surface area contributed by atoms with Gasteiger partial charge in [-0.05, 0) is 36.4 Å². The number of nitrogens with zero attached hydrogens (tertiary/aromatic N) is 2. The Bertz CT molecular complexity index is 869. The number of amides is 1. The third-order valence-electron chi connectivity index (χ3n) is 4.92. The van der Waals surface area contributed by atoms with Crippen LogP contribution in [0.2, 0.25) is 5.02 Å². The van der Waals surface area contributed by atoms with Crippen LogP contribution in [0, 0.1) is 0 Å². The molecule has 0 radical (unpaired) electrons. The van der Waals surface area contributed by atoms with Gasteiger partial charge in [0.1, 0.15) is 0 Å². The van der Waals surface area contributed by atoms with Crippen LogP contribution in [-0.2, 0) is 4.79 Å². The van der Waals surface area contributed by atoms with Gasteiger partial charge >= 0.3 is 0 Å². The van der Waals surface area contributed by atoms with E-state index in [1.165, 1.54) is 0 Å². The van der Waals surface area contributed by atoms with Crippen molar-refractivity contribution in [3.05, 3.63) is 64.7 Å². The topological polar surface area (TPSA) is 42.0 Å². The number of carbonyl (C=O) groups excluding carboxylic acids is 1. The first-order valence-electron chi connectivity index (χ1n) is 8.93. The number of piperazine rings is 1. The molecule has 5 nitrogen and oxygen atoms in total. The highest BCUT2D eigenvalue weighted by Gasteiger charge is 2.29. The van der Waals surface area contributed by atoms with E-state index >= 15 is 0 Å². The second-order valence-electron chi connectivity index (χ2n) is 6.79. The number of likely N-dealkylation sites (N-methyl/N-ethyl adjacent to an activating group) is 1. The lowest BCUT2D eigenvalue weighted by molar-refractivity contribution is -0.130. The highest BCUT2D eigenvalue weighted by molar-refractivity contribution is 6.32. The summed E-state index contributed by atoms with van der Waals surface area (Å²) in [6.45, 7) is 2.54. The molecule has 0 aliphatic carbocycles. The Balaban J connectivity index is 1.54. The summed E-state index contributed by atoms with van der Waals surface area (Å²) in [5, 5.41) is 0.485. The second kappa shape index (κ2) is 7.62. The first-order chi connectivity index (χ1) is 13.1. The zero-order chi connectivity index (χ0) is 18.8. The number of hydrogen-bond acceptors (Lipinski definition) is 4. The zero-order valence-corrected chi connectivity index (χ0v) is 15.9. The van der Waals surface area contributed by atoms with Gasteiger partial charge in [0.2, 0.25) is 12.7 Å². The monoisotopic (exact) mass is 384 g/mol. The smallest absolute Gasteiger partial charge is 0.247 e. The fourth-order valence-corrected chi connectivity index (χ4v) is 3.76. The molecule has 1 atom stereocenters. The molecule has 1 saturated heterocycles. The molecule has 2 heterocycles. The van der Waals surface area contributed by atoms with Gasteiger partial charge in [0.25, 0.3) is 0 Å². The van der Waals surface area contributed by atoms with Gasteiger partial charge in [0.05, 0.1) is 11.1 Å². The summed E-state index contributed by atoms with van der Waals surface area (Å²) >= 11 is 6.22. The predicted molar refractivity (Wildman–Crippen MR) is 105 cm³/mol. The van der Waals surface area contributed by atoms with Gasteiger partial charge in [-0.25, -0.2) is 0 Å². The Labute approximate surface area is 163 Å². The Kier molecular flexibility index (Phi) is 5.05. The minimum Gasteiger partial charge on any atom is -0.454 e. The van der Waals surface area contributed by atoms with Crippen molar-refractivity contribution in [2.75, 3.05) is 33.5 Å². The lowest BCUT2D eigenvalue weighted by Gasteiger charge is -2.40. The van der Waals surface area contributed by atoms with Gasteiger partial charge in [0.15, 0.2) is 11.5 Å². The van der Waals surface area contributed by atoms with Crippen molar-refractivity contribution in [3.8, 4) is 11.5 Å². The van der Waals surface area contributed by atoms with E-state index < -0.39 is 0 Å². The lowest BCUT2D eigenvalue weighted by Crippen LogP contribution is -2.48. The molecule has 6 heteroatoms. The molecular weight excluding hydrogens is 364 g/mol. The molecule has 0 aromatic heterocycles. The molecule has 1 fully saturated rings. The fraction of sp³-hybridized carbons (Fsp3) is 0.286. The molecule has 27 heavy (non-hydrogen) atoms. The third kappa shape index (κ3) is 3.80.